The van der Waals surface area contributed by atoms with Gasteiger partial charge in [0.1, 0.15) is 0 Å². The van der Waals surface area contributed by atoms with Crippen LogP contribution in [0.3, 0.4) is 0 Å². The number of fused-ring (bicyclic) bond motifs is 1. The molecule has 8 heteroatoms. The molecule has 2 aromatic carbocycles. The Labute approximate surface area is 170 Å². The van der Waals surface area contributed by atoms with Gasteiger partial charge in [-0.25, -0.2) is 0 Å². The molecule has 0 radical (unpaired) electrons. The van der Waals surface area contributed by atoms with Crippen LogP contribution in [0.4, 0.5) is 26.3 Å². The molecule has 0 bridgehead atoms. The molecule has 0 aliphatic rings. The Bertz CT molecular complexity index is 1010. The molecule has 0 aliphatic heterocycles. The maximum absolute atomic E-state index is 13.8. The largest absolute Gasteiger partial charge is 0.417 e. The summed E-state index contributed by atoms with van der Waals surface area (Å²) in [5, 5.41) is -0.206. The Morgan fingerprint density at radius 2 is 1.57 bits per heavy atom. The van der Waals surface area contributed by atoms with E-state index in [1.54, 1.807) is 12.1 Å². The molecule has 0 aliphatic carbocycles. The number of unbranched alkanes of at least 4 members (excludes halogenated alkanes) is 1. The van der Waals surface area contributed by atoms with E-state index in [2.05, 4.69) is 4.98 Å². The lowest BCUT2D eigenvalue weighted by Gasteiger charge is -2.14. The second-order valence-electron chi connectivity index (χ2n) is 7.22. The zero-order valence-electron chi connectivity index (χ0n) is 16.3. The van der Waals surface area contributed by atoms with Crippen LogP contribution in [0.5, 0.6) is 0 Å². The Morgan fingerprint density at radius 3 is 2.10 bits per heavy atom. The van der Waals surface area contributed by atoms with Crippen LogP contribution in [0.1, 0.15) is 42.0 Å². The normalized spacial score (nSPS) is 12.7. The maximum atomic E-state index is 13.8. The number of aryl methyl sites for hydroxylation is 2. The van der Waals surface area contributed by atoms with Gasteiger partial charge in [-0.3, -0.25) is 0 Å². The first-order valence-electron chi connectivity index (χ1n) is 9.68. The first-order chi connectivity index (χ1) is 14.1. The summed E-state index contributed by atoms with van der Waals surface area (Å²) in [5.41, 5.74) is 5.20. The van der Waals surface area contributed by atoms with E-state index in [0.29, 0.717) is 36.2 Å². The molecular weight excluding hydrogens is 406 g/mol. The predicted octanol–water partition coefficient (Wildman–Crippen LogP) is 6.72. The lowest BCUT2D eigenvalue weighted by atomic mass is 9.95. The third kappa shape index (κ3) is 4.48. The highest BCUT2D eigenvalue weighted by Crippen LogP contribution is 2.43. The van der Waals surface area contributed by atoms with E-state index < -0.39 is 23.5 Å². The van der Waals surface area contributed by atoms with Gasteiger partial charge in [0.05, 0.1) is 11.1 Å². The number of aromatic nitrogens is 1. The number of alkyl halides is 6. The Hall–Kier alpha value is -2.48. The predicted molar refractivity (Wildman–Crippen MR) is 105 cm³/mol. The van der Waals surface area contributed by atoms with Crippen molar-refractivity contribution in [3.63, 3.8) is 0 Å². The van der Waals surface area contributed by atoms with Gasteiger partial charge >= 0.3 is 12.4 Å². The minimum absolute atomic E-state index is 0.172. The topological polar surface area (TPSA) is 41.8 Å². The quantitative estimate of drug-likeness (QED) is 0.332. The lowest BCUT2D eigenvalue weighted by molar-refractivity contribution is -0.142. The summed E-state index contributed by atoms with van der Waals surface area (Å²) in [7, 11) is 0. The second-order valence-corrected chi connectivity index (χ2v) is 7.22. The zero-order chi connectivity index (χ0) is 22.1. The molecule has 0 amide bonds. The molecule has 1 aromatic heterocycles. The molecular formula is C22H22F6N2. The van der Waals surface area contributed by atoms with Crippen molar-refractivity contribution in [2.24, 2.45) is 5.73 Å². The van der Waals surface area contributed by atoms with Crippen LogP contribution in [0.15, 0.2) is 36.4 Å². The van der Waals surface area contributed by atoms with Crippen LogP contribution in [0.25, 0.3) is 22.2 Å². The molecule has 1 heterocycles. The van der Waals surface area contributed by atoms with E-state index in [0.717, 1.165) is 18.1 Å². The molecule has 0 unspecified atom stereocenters. The van der Waals surface area contributed by atoms with Crippen molar-refractivity contribution in [3.05, 3.63) is 58.7 Å². The molecule has 0 atom stereocenters. The molecule has 30 heavy (non-hydrogen) atoms. The van der Waals surface area contributed by atoms with Crippen molar-refractivity contribution < 1.29 is 26.3 Å². The van der Waals surface area contributed by atoms with Crippen molar-refractivity contribution in [2.45, 2.75) is 45.0 Å². The molecule has 162 valence electrons. The molecule has 0 saturated heterocycles. The standard InChI is InChI=1S/C22H22F6N2/c1-2-13-6-8-14(9-7-13)20-16(5-3-4-10-29)19-17(22(26,27)28)11-15(21(23,24)25)12-18(19)30-20/h6-9,11-12,30H,2-5,10,29H2,1H3. The second kappa shape index (κ2) is 8.34. The van der Waals surface area contributed by atoms with Crippen LogP contribution in [0.2, 0.25) is 0 Å². The number of hydrogen-bond donors (Lipinski definition) is 2. The van der Waals surface area contributed by atoms with Gasteiger partial charge in [0.25, 0.3) is 0 Å². The van der Waals surface area contributed by atoms with Crippen LogP contribution >= 0.6 is 0 Å². The number of halogens is 6. The minimum Gasteiger partial charge on any atom is -0.354 e. The Balaban J connectivity index is 2.30. The fourth-order valence-corrected chi connectivity index (χ4v) is 3.64. The minimum atomic E-state index is -4.92. The van der Waals surface area contributed by atoms with Gasteiger partial charge in [0.15, 0.2) is 0 Å². The van der Waals surface area contributed by atoms with Crippen molar-refractivity contribution in [1.29, 1.82) is 0 Å². The van der Waals surface area contributed by atoms with Gasteiger partial charge in [0, 0.05) is 16.6 Å². The van der Waals surface area contributed by atoms with Gasteiger partial charge in [-0.1, -0.05) is 31.2 Å². The fourth-order valence-electron chi connectivity index (χ4n) is 3.64. The van der Waals surface area contributed by atoms with E-state index in [1.807, 2.05) is 19.1 Å². The number of H-pyrrole nitrogens is 1. The van der Waals surface area contributed by atoms with Gasteiger partial charge in [-0.15, -0.1) is 0 Å². The SMILES string of the molecule is CCc1ccc(-c2[nH]c3cc(C(F)(F)F)cc(C(F)(F)F)c3c2CCCCN)cc1. The van der Waals surface area contributed by atoms with Crippen molar-refractivity contribution in [2.75, 3.05) is 6.54 Å². The lowest BCUT2D eigenvalue weighted by Crippen LogP contribution is -2.11. The third-order valence-corrected chi connectivity index (χ3v) is 5.17. The molecule has 0 fully saturated rings. The first-order valence-corrected chi connectivity index (χ1v) is 9.68. The van der Waals surface area contributed by atoms with E-state index in [4.69, 9.17) is 5.73 Å². The van der Waals surface area contributed by atoms with Crippen LogP contribution in [-0.4, -0.2) is 11.5 Å². The molecule has 3 aromatic rings. The molecule has 3 rings (SSSR count). The van der Waals surface area contributed by atoms with Crippen LogP contribution < -0.4 is 5.73 Å². The average molecular weight is 428 g/mol. The van der Waals surface area contributed by atoms with E-state index in [-0.39, 0.29) is 23.4 Å². The Kier molecular flexibility index (Phi) is 6.17. The highest BCUT2D eigenvalue weighted by atomic mass is 19.4. The summed E-state index contributed by atoms with van der Waals surface area (Å²) in [6.07, 6.45) is -7.61. The summed E-state index contributed by atoms with van der Waals surface area (Å²) < 4.78 is 81.0. The highest BCUT2D eigenvalue weighted by Gasteiger charge is 2.39. The van der Waals surface area contributed by atoms with Gasteiger partial charge in [0.2, 0.25) is 0 Å². The molecule has 0 saturated carbocycles. The molecule has 0 spiro atoms. The number of nitrogens with one attached hydrogen (secondary N) is 1. The van der Waals surface area contributed by atoms with Crippen molar-refractivity contribution in [3.8, 4) is 11.3 Å². The number of aromatic amines is 1. The number of rotatable bonds is 6. The van der Waals surface area contributed by atoms with Gasteiger partial charge in [-0.2, -0.15) is 26.3 Å². The first kappa shape index (κ1) is 22.2. The summed E-state index contributed by atoms with van der Waals surface area (Å²) in [5.74, 6) is 0. The van der Waals surface area contributed by atoms with Crippen molar-refractivity contribution in [1.82, 2.24) is 4.98 Å². The monoisotopic (exact) mass is 428 g/mol. The van der Waals surface area contributed by atoms with Crippen LogP contribution in [0, 0.1) is 0 Å². The van der Waals surface area contributed by atoms with E-state index in [9.17, 15) is 26.3 Å². The van der Waals surface area contributed by atoms with E-state index >= 15 is 0 Å². The highest BCUT2D eigenvalue weighted by molar-refractivity contribution is 5.94. The average Bonchev–Trinajstić information content (AvgIpc) is 3.04. The Morgan fingerprint density at radius 1 is 0.900 bits per heavy atom. The summed E-state index contributed by atoms with van der Waals surface area (Å²) in [6.45, 7) is 2.36. The number of nitrogens with two attached hydrogens (primary N) is 1. The summed E-state index contributed by atoms with van der Waals surface area (Å²) in [6, 6.07) is 8.21. The maximum Gasteiger partial charge on any atom is 0.417 e. The fraction of sp³-hybridized carbons (Fsp3) is 0.364. The zero-order valence-corrected chi connectivity index (χ0v) is 16.3. The summed E-state index contributed by atoms with van der Waals surface area (Å²) in [4.78, 5) is 2.84. The number of benzene rings is 2. The smallest absolute Gasteiger partial charge is 0.354 e. The van der Waals surface area contributed by atoms with Gasteiger partial charge < -0.3 is 10.7 Å². The van der Waals surface area contributed by atoms with Crippen molar-refractivity contribution >= 4 is 10.9 Å². The van der Waals surface area contributed by atoms with Crippen LogP contribution in [-0.2, 0) is 25.2 Å². The number of hydrogen-bond acceptors (Lipinski definition) is 1. The van der Waals surface area contributed by atoms with E-state index in [1.165, 1.54) is 0 Å². The molecule has 2 nitrogen and oxygen atoms in total. The third-order valence-electron chi connectivity index (χ3n) is 5.17. The molecule has 3 N–H and O–H groups in total. The van der Waals surface area contributed by atoms with Gasteiger partial charge in [-0.05, 0) is 61.1 Å². The summed E-state index contributed by atoms with van der Waals surface area (Å²) >= 11 is 0.